The lowest BCUT2D eigenvalue weighted by atomic mass is 9.86. The van der Waals surface area contributed by atoms with Gasteiger partial charge in [-0.2, -0.15) is 0 Å². The van der Waals surface area contributed by atoms with Gasteiger partial charge in [-0.15, -0.1) is 0 Å². The molecule has 4 N–H and O–H groups in total. The van der Waals surface area contributed by atoms with Crippen LogP contribution in [0.1, 0.15) is 29.5 Å². The van der Waals surface area contributed by atoms with Crippen molar-refractivity contribution in [1.82, 2.24) is 0 Å². The lowest BCUT2D eigenvalue weighted by Crippen LogP contribution is -2.27. The highest BCUT2D eigenvalue weighted by atomic mass is 14.6. The molecular formula is C13H22N2. The molecule has 0 bridgehead atoms. The summed E-state index contributed by atoms with van der Waals surface area (Å²) in [6.45, 7) is 7.79. The van der Waals surface area contributed by atoms with E-state index in [4.69, 9.17) is 11.5 Å². The lowest BCUT2D eigenvalue weighted by molar-refractivity contribution is 0.466. The first-order valence-corrected chi connectivity index (χ1v) is 5.57. The number of rotatable bonds is 4. The number of nitrogens with two attached hydrogens (primary N) is 2. The second-order valence-corrected chi connectivity index (χ2v) is 4.36. The SMILES string of the molecule is Cc1ccc(C(C)C(CN)CN)cc1C. The molecule has 1 aromatic carbocycles. The summed E-state index contributed by atoms with van der Waals surface area (Å²) in [4.78, 5) is 0. The van der Waals surface area contributed by atoms with Gasteiger partial charge in [-0.3, -0.25) is 0 Å². The average Bonchev–Trinajstić information content (AvgIpc) is 2.23. The van der Waals surface area contributed by atoms with Gasteiger partial charge in [0, 0.05) is 0 Å². The first-order valence-electron chi connectivity index (χ1n) is 5.57. The highest BCUT2D eigenvalue weighted by Gasteiger charge is 2.16. The van der Waals surface area contributed by atoms with Crippen LogP contribution in [0.15, 0.2) is 18.2 Å². The van der Waals surface area contributed by atoms with Crippen molar-refractivity contribution in [2.24, 2.45) is 17.4 Å². The van der Waals surface area contributed by atoms with Crippen molar-refractivity contribution in [1.29, 1.82) is 0 Å². The molecule has 0 amide bonds. The molecule has 0 saturated heterocycles. The second-order valence-electron chi connectivity index (χ2n) is 4.36. The number of benzene rings is 1. The molecule has 1 unspecified atom stereocenters. The van der Waals surface area contributed by atoms with Crippen molar-refractivity contribution in [3.05, 3.63) is 34.9 Å². The van der Waals surface area contributed by atoms with Gasteiger partial charge in [-0.05, 0) is 55.5 Å². The van der Waals surface area contributed by atoms with Gasteiger partial charge in [0.05, 0.1) is 0 Å². The zero-order valence-corrected chi connectivity index (χ0v) is 9.96. The third-order valence-corrected chi connectivity index (χ3v) is 3.37. The zero-order valence-electron chi connectivity index (χ0n) is 9.96. The lowest BCUT2D eigenvalue weighted by Gasteiger charge is -2.22. The Balaban J connectivity index is 2.90. The van der Waals surface area contributed by atoms with Gasteiger partial charge in [-0.1, -0.05) is 25.1 Å². The summed E-state index contributed by atoms with van der Waals surface area (Å²) in [5, 5.41) is 0. The molecule has 1 rings (SSSR count). The fourth-order valence-corrected chi connectivity index (χ4v) is 1.82. The molecule has 0 radical (unpaired) electrons. The minimum absolute atomic E-state index is 0.382. The van der Waals surface area contributed by atoms with Crippen molar-refractivity contribution in [3.8, 4) is 0 Å². The topological polar surface area (TPSA) is 52.0 Å². The molecule has 2 heteroatoms. The maximum absolute atomic E-state index is 5.71. The molecule has 1 atom stereocenters. The molecule has 0 aromatic heterocycles. The van der Waals surface area contributed by atoms with E-state index in [-0.39, 0.29) is 0 Å². The van der Waals surface area contributed by atoms with Crippen LogP contribution >= 0.6 is 0 Å². The highest BCUT2D eigenvalue weighted by Crippen LogP contribution is 2.24. The fraction of sp³-hybridized carbons (Fsp3) is 0.538. The average molecular weight is 206 g/mol. The molecule has 84 valence electrons. The van der Waals surface area contributed by atoms with Crippen molar-refractivity contribution in [2.75, 3.05) is 13.1 Å². The van der Waals surface area contributed by atoms with E-state index < -0.39 is 0 Å². The van der Waals surface area contributed by atoms with Crippen LogP contribution in [0.4, 0.5) is 0 Å². The minimum Gasteiger partial charge on any atom is -0.330 e. The van der Waals surface area contributed by atoms with Crippen LogP contribution < -0.4 is 11.5 Å². The third kappa shape index (κ3) is 2.80. The third-order valence-electron chi connectivity index (χ3n) is 3.37. The van der Waals surface area contributed by atoms with E-state index in [1.165, 1.54) is 16.7 Å². The standard InChI is InChI=1S/C13H22N2/c1-9-4-5-12(6-10(9)2)11(3)13(7-14)8-15/h4-6,11,13H,7-8,14-15H2,1-3H3. The summed E-state index contributed by atoms with van der Waals surface area (Å²) in [7, 11) is 0. The molecular weight excluding hydrogens is 184 g/mol. The normalized spacial score (nSPS) is 13.2. The molecule has 15 heavy (non-hydrogen) atoms. The zero-order chi connectivity index (χ0) is 11.4. The Morgan fingerprint density at radius 1 is 1.07 bits per heavy atom. The van der Waals surface area contributed by atoms with Gasteiger partial charge in [0.1, 0.15) is 0 Å². The summed E-state index contributed by atoms with van der Waals surface area (Å²) in [5.74, 6) is 0.825. The Bertz CT molecular complexity index is 316. The molecule has 0 aliphatic rings. The number of aryl methyl sites for hydroxylation is 2. The highest BCUT2D eigenvalue weighted by molar-refractivity contribution is 5.32. The Hall–Kier alpha value is -0.860. The summed E-state index contributed by atoms with van der Waals surface area (Å²) in [6.07, 6.45) is 0. The van der Waals surface area contributed by atoms with Gasteiger partial charge in [0.2, 0.25) is 0 Å². The van der Waals surface area contributed by atoms with Gasteiger partial charge in [0.15, 0.2) is 0 Å². The quantitative estimate of drug-likeness (QED) is 0.791. The van der Waals surface area contributed by atoms with Crippen LogP contribution in [0.2, 0.25) is 0 Å². The Morgan fingerprint density at radius 2 is 1.67 bits per heavy atom. The van der Waals surface area contributed by atoms with Gasteiger partial charge < -0.3 is 11.5 Å². The monoisotopic (exact) mass is 206 g/mol. The van der Waals surface area contributed by atoms with Gasteiger partial charge in [-0.25, -0.2) is 0 Å². The van der Waals surface area contributed by atoms with Crippen molar-refractivity contribution < 1.29 is 0 Å². The summed E-state index contributed by atoms with van der Waals surface area (Å²) < 4.78 is 0. The summed E-state index contributed by atoms with van der Waals surface area (Å²) >= 11 is 0. The molecule has 0 heterocycles. The number of hydrogen-bond donors (Lipinski definition) is 2. The van der Waals surface area contributed by atoms with Crippen LogP contribution in [0.3, 0.4) is 0 Å². The Labute approximate surface area is 92.7 Å². The van der Waals surface area contributed by atoms with E-state index in [0.29, 0.717) is 24.9 Å². The first-order chi connectivity index (χ1) is 7.10. The molecule has 1 aromatic rings. The predicted octanol–water partition coefficient (Wildman–Crippen LogP) is 1.94. The predicted molar refractivity (Wildman–Crippen MR) is 65.9 cm³/mol. The van der Waals surface area contributed by atoms with Crippen LogP contribution in [0.25, 0.3) is 0 Å². The molecule has 0 aliphatic carbocycles. The molecule has 0 spiro atoms. The van der Waals surface area contributed by atoms with Crippen LogP contribution in [0, 0.1) is 19.8 Å². The summed E-state index contributed by atoms with van der Waals surface area (Å²) in [6, 6.07) is 6.61. The van der Waals surface area contributed by atoms with Crippen molar-refractivity contribution in [2.45, 2.75) is 26.7 Å². The van der Waals surface area contributed by atoms with Crippen LogP contribution in [-0.2, 0) is 0 Å². The van der Waals surface area contributed by atoms with E-state index >= 15 is 0 Å². The molecule has 0 aliphatic heterocycles. The van der Waals surface area contributed by atoms with Crippen LogP contribution in [-0.4, -0.2) is 13.1 Å². The summed E-state index contributed by atoms with van der Waals surface area (Å²) in [5.41, 5.74) is 15.4. The Morgan fingerprint density at radius 3 is 2.13 bits per heavy atom. The van der Waals surface area contributed by atoms with Gasteiger partial charge in [0.25, 0.3) is 0 Å². The van der Waals surface area contributed by atoms with E-state index in [1.54, 1.807) is 0 Å². The maximum atomic E-state index is 5.71. The van der Waals surface area contributed by atoms with Crippen LogP contribution in [0.5, 0.6) is 0 Å². The maximum Gasteiger partial charge on any atom is -0.00310 e. The van der Waals surface area contributed by atoms with E-state index in [2.05, 4.69) is 39.0 Å². The van der Waals surface area contributed by atoms with E-state index in [1.807, 2.05) is 0 Å². The van der Waals surface area contributed by atoms with E-state index in [0.717, 1.165) is 0 Å². The van der Waals surface area contributed by atoms with Crippen molar-refractivity contribution >= 4 is 0 Å². The molecule has 0 fully saturated rings. The molecule has 0 saturated carbocycles. The Kier molecular flexibility index (Phi) is 4.30. The fourth-order valence-electron chi connectivity index (χ4n) is 1.82. The van der Waals surface area contributed by atoms with Crippen molar-refractivity contribution in [3.63, 3.8) is 0 Å². The number of hydrogen-bond acceptors (Lipinski definition) is 2. The van der Waals surface area contributed by atoms with E-state index in [9.17, 15) is 0 Å². The second kappa shape index (κ2) is 5.29. The molecule has 2 nitrogen and oxygen atoms in total. The minimum atomic E-state index is 0.382. The largest absolute Gasteiger partial charge is 0.330 e. The van der Waals surface area contributed by atoms with Gasteiger partial charge >= 0.3 is 0 Å². The first kappa shape index (κ1) is 12.2. The smallest absolute Gasteiger partial charge is 0.00310 e.